The number of benzene rings is 2. The van der Waals surface area contributed by atoms with Crippen molar-refractivity contribution in [3.8, 4) is 5.75 Å². The minimum Gasteiger partial charge on any atom is -0.494 e. The number of aryl methyl sites for hydroxylation is 1. The van der Waals surface area contributed by atoms with E-state index in [9.17, 15) is 0 Å². The second-order valence-corrected chi connectivity index (χ2v) is 4.94. The van der Waals surface area contributed by atoms with Crippen LogP contribution in [0.4, 0.5) is 11.4 Å². The van der Waals surface area contributed by atoms with Crippen molar-refractivity contribution < 1.29 is 4.74 Å². The lowest BCUT2D eigenvalue weighted by Gasteiger charge is -2.13. The summed E-state index contributed by atoms with van der Waals surface area (Å²) in [5.41, 5.74) is 9.64. The average molecular weight is 286 g/mol. The summed E-state index contributed by atoms with van der Waals surface area (Å²) in [6, 6.07) is 13.8. The van der Waals surface area contributed by atoms with Crippen LogP contribution in [0, 0.1) is 6.92 Å². The topological polar surface area (TPSA) is 47.3 Å². The minimum absolute atomic E-state index is 0.387. The number of rotatable bonds is 5. The van der Waals surface area contributed by atoms with Crippen LogP contribution in [0.2, 0.25) is 0 Å². The van der Waals surface area contributed by atoms with Crippen LogP contribution < -0.4 is 15.8 Å². The molecule has 20 heavy (non-hydrogen) atoms. The van der Waals surface area contributed by atoms with Crippen molar-refractivity contribution in [1.29, 1.82) is 0 Å². The summed E-state index contributed by atoms with van der Waals surface area (Å²) in [6.07, 6.45) is 0. The lowest BCUT2D eigenvalue weighted by Crippen LogP contribution is -2.12. The molecule has 0 aromatic heterocycles. The molecule has 0 fully saturated rings. The van der Waals surface area contributed by atoms with E-state index in [2.05, 4.69) is 5.32 Å². The molecule has 2 aromatic carbocycles. The average Bonchev–Trinajstić information content (AvgIpc) is 2.41. The second kappa shape index (κ2) is 6.39. The molecule has 2 aromatic rings. The zero-order chi connectivity index (χ0) is 14.5. The van der Waals surface area contributed by atoms with Crippen LogP contribution in [0.15, 0.2) is 42.5 Å². The predicted molar refractivity (Wildman–Crippen MR) is 88.0 cm³/mol. The third-order valence-corrected chi connectivity index (χ3v) is 3.10. The second-order valence-electron chi connectivity index (χ2n) is 4.50. The van der Waals surface area contributed by atoms with Crippen molar-refractivity contribution in [3.63, 3.8) is 0 Å². The van der Waals surface area contributed by atoms with Crippen molar-refractivity contribution in [2.24, 2.45) is 5.73 Å². The van der Waals surface area contributed by atoms with Gasteiger partial charge < -0.3 is 15.8 Å². The summed E-state index contributed by atoms with van der Waals surface area (Å²) < 4.78 is 5.42. The Morgan fingerprint density at radius 2 is 1.90 bits per heavy atom. The van der Waals surface area contributed by atoms with Gasteiger partial charge in [0.1, 0.15) is 10.7 Å². The molecule has 0 aliphatic rings. The van der Waals surface area contributed by atoms with Crippen molar-refractivity contribution in [3.05, 3.63) is 53.6 Å². The largest absolute Gasteiger partial charge is 0.494 e. The zero-order valence-corrected chi connectivity index (χ0v) is 12.5. The fraction of sp³-hybridized carbons (Fsp3) is 0.188. The van der Waals surface area contributed by atoms with E-state index >= 15 is 0 Å². The maximum Gasteiger partial charge on any atom is 0.119 e. The first-order chi connectivity index (χ1) is 9.60. The first-order valence-corrected chi connectivity index (χ1v) is 6.91. The number of anilines is 2. The molecular weight excluding hydrogens is 268 g/mol. The molecule has 3 N–H and O–H groups in total. The van der Waals surface area contributed by atoms with Crippen molar-refractivity contribution in [1.82, 2.24) is 0 Å². The van der Waals surface area contributed by atoms with Crippen LogP contribution >= 0.6 is 12.2 Å². The first kappa shape index (κ1) is 14.3. The summed E-state index contributed by atoms with van der Waals surface area (Å²) >= 11 is 5.08. The molecule has 0 bridgehead atoms. The predicted octanol–water partition coefficient (Wildman–Crippen LogP) is 3.77. The number of thiocarbonyl (C=S) groups is 1. The summed E-state index contributed by atoms with van der Waals surface area (Å²) in [5.74, 6) is 0.858. The molecule has 0 atom stereocenters. The Morgan fingerprint density at radius 1 is 1.20 bits per heavy atom. The van der Waals surface area contributed by atoms with Crippen LogP contribution in [-0.2, 0) is 0 Å². The highest BCUT2D eigenvalue weighted by atomic mass is 32.1. The van der Waals surface area contributed by atoms with E-state index in [0.29, 0.717) is 11.6 Å². The Labute approximate surface area is 124 Å². The molecule has 0 amide bonds. The monoisotopic (exact) mass is 286 g/mol. The highest BCUT2D eigenvalue weighted by molar-refractivity contribution is 7.80. The summed E-state index contributed by atoms with van der Waals surface area (Å²) in [4.78, 5) is 0.387. The molecule has 0 aliphatic heterocycles. The Balaban J connectivity index is 2.25. The van der Waals surface area contributed by atoms with E-state index in [1.807, 2.05) is 56.3 Å². The molecule has 4 heteroatoms. The van der Waals surface area contributed by atoms with E-state index in [4.69, 9.17) is 22.7 Å². The third kappa shape index (κ3) is 3.48. The number of nitrogens with two attached hydrogens (primary N) is 1. The van der Waals surface area contributed by atoms with Crippen LogP contribution in [0.5, 0.6) is 5.75 Å². The van der Waals surface area contributed by atoms with Gasteiger partial charge in [-0.05, 0) is 55.8 Å². The molecule has 0 unspecified atom stereocenters. The van der Waals surface area contributed by atoms with Crippen molar-refractivity contribution >= 4 is 28.6 Å². The van der Waals surface area contributed by atoms with Crippen LogP contribution in [-0.4, -0.2) is 11.6 Å². The Bertz CT molecular complexity index is 608. The third-order valence-electron chi connectivity index (χ3n) is 2.88. The van der Waals surface area contributed by atoms with E-state index in [1.54, 1.807) is 0 Å². The molecule has 3 nitrogen and oxygen atoms in total. The lowest BCUT2D eigenvalue weighted by atomic mass is 10.1. The van der Waals surface area contributed by atoms with E-state index in [-0.39, 0.29) is 0 Å². The highest BCUT2D eigenvalue weighted by Crippen LogP contribution is 2.24. The van der Waals surface area contributed by atoms with Gasteiger partial charge in [0.05, 0.1) is 6.61 Å². The van der Waals surface area contributed by atoms with Gasteiger partial charge in [-0.1, -0.05) is 18.3 Å². The van der Waals surface area contributed by atoms with Gasteiger partial charge in [0.25, 0.3) is 0 Å². The minimum atomic E-state index is 0.387. The van der Waals surface area contributed by atoms with Gasteiger partial charge in [-0.25, -0.2) is 0 Å². The van der Waals surface area contributed by atoms with Crippen LogP contribution in [0.3, 0.4) is 0 Å². The van der Waals surface area contributed by atoms with E-state index < -0.39 is 0 Å². The quantitative estimate of drug-likeness (QED) is 0.821. The first-order valence-electron chi connectivity index (χ1n) is 6.50. The molecule has 0 saturated heterocycles. The number of hydrogen-bond acceptors (Lipinski definition) is 3. The number of nitrogens with one attached hydrogen (secondary N) is 1. The number of hydrogen-bond donors (Lipinski definition) is 2. The van der Waals surface area contributed by atoms with Gasteiger partial charge in [-0.2, -0.15) is 0 Å². The van der Waals surface area contributed by atoms with Gasteiger partial charge in [0.15, 0.2) is 0 Å². The fourth-order valence-electron chi connectivity index (χ4n) is 1.93. The van der Waals surface area contributed by atoms with E-state index in [0.717, 1.165) is 28.3 Å². The van der Waals surface area contributed by atoms with Gasteiger partial charge in [-0.15, -0.1) is 0 Å². The van der Waals surface area contributed by atoms with Gasteiger partial charge in [0, 0.05) is 16.9 Å². The summed E-state index contributed by atoms with van der Waals surface area (Å²) in [7, 11) is 0. The summed E-state index contributed by atoms with van der Waals surface area (Å²) in [6.45, 7) is 4.66. The molecule has 2 rings (SSSR count). The van der Waals surface area contributed by atoms with Crippen LogP contribution in [0.1, 0.15) is 18.1 Å². The fourth-order valence-corrected chi connectivity index (χ4v) is 2.11. The molecule has 104 valence electrons. The maximum absolute atomic E-state index is 5.75. The Morgan fingerprint density at radius 3 is 2.50 bits per heavy atom. The van der Waals surface area contributed by atoms with E-state index in [1.165, 1.54) is 0 Å². The molecule has 0 radical (unpaired) electrons. The van der Waals surface area contributed by atoms with Gasteiger partial charge in [-0.3, -0.25) is 0 Å². The highest BCUT2D eigenvalue weighted by Gasteiger charge is 2.06. The van der Waals surface area contributed by atoms with Gasteiger partial charge >= 0.3 is 0 Å². The maximum atomic E-state index is 5.75. The molecule has 0 aliphatic carbocycles. The van der Waals surface area contributed by atoms with Crippen LogP contribution in [0.25, 0.3) is 0 Å². The normalized spacial score (nSPS) is 10.1. The Hall–Kier alpha value is -2.07. The Kier molecular flexibility index (Phi) is 4.58. The molecule has 0 heterocycles. The molecule has 0 saturated carbocycles. The van der Waals surface area contributed by atoms with Gasteiger partial charge in [0.2, 0.25) is 0 Å². The van der Waals surface area contributed by atoms with Crippen molar-refractivity contribution in [2.45, 2.75) is 13.8 Å². The lowest BCUT2D eigenvalue weighted by molar-refractivity contribution is 0.340. The van der Waals surface area contributed by atoms with Crippen molar-refractivity contribution in [2.75, 3.05) is 11.9 Å². The molecule has 0 spiro atoms. The molecular formula is C16H18N2OS. The standard InChI is InChI=1S/C16H18N2OS/c1-3-19-13-7-5-12(6-8-13)18-15-10-11(2)4-9-14(15)16(17)20/h4-10,18H,3H2,1-2H3,(H2,17,20). The number of ether oxygens (including phenoxy) is 1. The summed E-state index contributed by atoms with van der Waals surface area (Å²) in [5, 5.41) is 3.34. The zero-order valence-electron chi connectivity index (χ0n) is 11.6. The SMILES string of the molecule is CCOc1ccc(Nc2cc(C)ccc2C(N)=S)cc1. The smallest absolute Gasteiger partial charge is 0.119 e.